The van der Waals surface area contributed by atoms with Gasteiger partial charge in [0.15, 0.2) is 0 Å². The van der Waals surface area contributed by atoms with E-state index >= 15 is 0 Å². The fourth-order valence-electron chi connectivity index (χ4n) is 2.34. The quantitative estimate of drug-likeness (QED) is 0.746. The Morgan fingerprint density at radius 2 is 2.00 bits per heavy atom. The van der Waals surface area contributed by atoms with Crippen LogP contribution in [-0.2, 0) is 6.54 Å². The molecule has 0 amide bonds. The zero-order valence-electron chi connectivity index (χ0n) is 13.1. The van der Waals surface area contributed by atoms with Crippen LogP contribution >= 0.6 is 0 Å². The Labute approximate surface area is 129 Å². The number of rotatable bonds is 5. The smallest absolute Gasteiger partial charge is 0.225 e. The van der Waals surface area contributed by atoms with Crippen LogP contribution in [0.5, 0.6) is 0 Å². The van der Waals surface area contributed by atoms with Gasteiger partial charge in [0, 0.05) is 11.4 Å². The van der Waals surface area contributed by atoms with Crippen molar-refractivity contribution in [3.63, 3.8) is 0 Å². The number of aromatic nitrogens is 2. The number of para-hydroxylation sites is 1. The van der Waals surface area contributed by atoms with E-state index in [1.165, 1.54) is 0 Å². The van der Waals surface area contributed by atoms with Gasteiger partial charge >= 0.3 is 0 Å². The molecule has 5 heteroatoms. The molecule has 0 unspecified atom stereocenters. The molecule has 0 aliphatic heterocycles. The summed E-state index contributed by atoms with van der Waals surface area (Å²) in [4.78, 5) is 9.24. The fraction of sp³-hybridized carbons (Fsp3) is 0.294. The van der Waals surface area contributed by atoms with Gasteiger partial charge < -0.3 is 15.1 Å². The van der Waals surface area contributed by atoms with Crippen molar-refractivity contribution < 1.29 is 4.42 Å². The van der Waals surface area contributed by atoms with Crippen LogP contribution in [0.3, 0.4) is 0 Å². The van der Waals surface area contributed by atoms with Gasteiger partial charge in [-0.05, 0) is 44.5 Å². The summed E-state index contributed by atoms with van der Waals surface area (Å²) in [6, 6.07) is 10.2. The monoisotopic (exact) mass is 296 g/mol. The van der Waals surface area contributed by atoms with Crippen LogP contribution in [0.25, 0.3) is 10.9 Å². The minimum absolute atomic E-state index is 0.277. The number of hydrogen-bond acceptors (Lipinski definition) is 5. The van der Waals surface area contributed by atoms with Crippen LogP contribution in [0.15, 0.2) is 41.0 Å². The maximum Gasteiger partial charge on any atom is 0.225 e. The van der Waals surface area contributed by atoms with Crippen LogP contribution in [0.2, 0.25) is 0 Å². The predicted molar refractivity (Wildman–Crippen MR) is 89.1 cm³/mol. The second-order valence-corrected chi connectivity index (χ2v) is 5.60. The third kappa shape index (κ3) is 3.03. The lowest BCUT2D eigenvalue weighted by molar-refractivity contribution is 0.518. The van der Waals surface area contributed by atoms with Gasteiger partial charge in [-0.2, -0.15) is 4.98 Å². The topological polar surface area (TPSA) is 63.0 Å². The highest BCUT2D eigenvalue weighted by Crippen LogP contribution is 2.25. The summed E-state index contributed by atoms with van der Waals surface area (Å²) in [7, 11) is 0. The van der Waals surface area contributed by atoms with Gasteiger partial charge in [-0.3, -0.25) is 0 Å². The minimum atomic E-state index is 0.277. The van der Waals surface area contributed by atoms with Gasteiger partial charge in [0.1, 0.15) is 11.6 Å². The van der Waals surface area contributed by atoms with Gasteiger partial charge in [0.2, 0.25) is 5.95 Å². The Morgan fingerprint density at radius 3 is 2.73 bits per heavy atom. The number of aryl methyl sites for hydroxylation is 1. The Morgan fingerprint density at radius 1 is 1.14 bits per heavy atom. The summed E-state index contributed by atoms with van der Waals surface area (Å²) in [5.74, 6) is 2.32. The second kappa shape index (κ2) is 6.05. The molecule has 114 valence electrons. The highest BCUT2D eigenvalue weighted by Gasteiger charge is 2.10. The number of fused-ring (bicyclic) bond motifs is 1. The normalized spacial score (nSPS) is 11.1. The maximum absolute atomic E-state index is 5.36. The zero-order chi connectivity index (χ0) is 15.5. The van der Waals surface area contributed by atoms with Crippen molar-refractivity contribution in [2.75, 3.05) is 10.6 Å². The van der Waals surface area contributed by atoms with Crippen molar-refractivity contribution in [2.24, 2.45) is 0 Å². The van der Waals surface area contributed by atoms with Crippen molar-refractivity contribution in [1.82, 2.24) is 9.97 Å². The van der Waals surface area contributed by atoms with Crippen LogP contribution < -0.4 is 10.6 Å². The molecule has 0 saturated carbocycles. The first kappa shape index (κ1) is 14.4. The van der Waals surface area contributed by atoms with Crippen molar-refractivity contribution in [3.05, 3.63) is 47.9 Å². The Hall–Kier alpha value is -2.56. The number of furan rings is 1. The van der Waals surface area contributed by atoms with E-state index in [-0.39, 0.29) is 6.04 Å². The van der Waals surface area contributed by atoms with Crippen molar-refractivity contribution in [3.8, 4) is 0 Å². The van der Waals surface area contributed by atoms with Gasteiger partial charge in [-0.25, -0.2) is 4.98 Å². The number of nitrogens with zero attached hydrogens (tertiary/aromatic N) is 2. The van der Waals surface area contributed by atoms with Crippen molar-refractivity contribution in [2.45, 2.75) is 33.4 Å². The molecule has 3 aromatic rings. The zero-order valence-corrected chi connectivity index (χ0v) is 13.1. The summed E-state index contributed by atoms with van der Waals surface area (Å²) in [5.41, 5.74) is 2.09. The van der Waals surface area contributed by atoms with E-state index < -0.39 is 0 Å². The lowest BCUT2D eigenvalue weighted by Crippen LogP contribution is -2.14. The summed E-state index contributed by atoms with van der Waals surface area (Å²) < 4.78 is 5.36. The van der Waals surface area contributed by atoms with Crippen molar-refractivity contribution >= 4 is 22.7 Å². The van der Waals surface area contributed by atoms with E-state index in [9.17, 15) is 0 Å². The summed E-state index contributed by atoms with van der Waals surface area (Å²) in [6.45, 7) is 6.79. The van der Waals surface area contributed by atoms with E-state index in [1.807, 2.05) is 24.3 Å². The van der Waals surface area contributed by atoms with Gasteiger partial charge in [-0.1, -0.05) is 12.1 Å². The molecule has 1 aromatic carbocycles. The lowest BCUT2D eigenvalue weighted by Gasteiger charge is -2.14. The minimum Gasteiger partial charge on any atom is -0.467 e. The van der Waals surface area contributed by atoms with E-state index in [0.717, 1.165) is 28.0 Å². The highest BCUT2D eigenvalue weighted by molar-refractivity contribution is 5.92. The number of hydrogen-bond donors (Lipinski definition) is 2. The first-order valence-corrected chi connectivity index (χ1v) is 7.43. The van der Waals surface area contributed by atoms with Crippen LogP contribution in [0.4, 0.5) is 11.8 Å². The fourth-order valence-corrected chi connectivity index (χ4v) is 2.34. The molecular weight excluding hydrogens is 276 g/mol. The largest absolute Gasteiger partial charge is 0.467 e. The molecule has 0 bridgehead atoms. The summed E-state index contributed by atoms with van der Waals surface area (Å²) >= 11 is 0. The molecule has 0 spiro atoms. The molecule has 2 heterocycles. The maximum atomic E-state index is 5.36. The standard InChI is InChI=1S/C17H20N4O/c1-11(2)19-17-20-15-12(3)6-4-8-14(15)16(21-17)18-10-13-7-5-9-22-13/h4-9,11H,10H2,1-3H3,(H2,18,19,20,21). The number of nitrogens with one attached hydrogen (secondary N) is 2. The van der Waals surface area contributed by atoms with E-state index in [1.54, 1.807) is 6.26 Å². The molecule has 0 saturated heterocycles. The molecular formula is C17H20N4O. The molecule has 0 aliphatic rings. The van der Waals surface area contributed by atoms with Crippen LogP contribution in [0.1, 0.15) is 25.2 Å². The number of benzene rings is 1. The first-order chi connectivity index (χ1) is 10.6. The Bertz CT molecular complexity index is 766. The predicted octanol–water partition coefficient (Wildman–Crippen LogP) is 3.96. The van der Waals surface area contributed by atoms with Crippen molar-refractivity contribution in [1.29, 1.82) is 0 Å². The molecule has 0 radical (unpaired) electrons. The number of anilines is 2. The van der Waals surface area contributed by atoms with Gasteiger partial charge in [0.05, 0.1) is 18.3 Å². The summed E-state index contributed by atoms with van der Waals surface area (Å²) in [5, 5.41) is 7.63. The average Bonchev–Trinajstić information content (AvgIpc) is 2.98. The molecule has 0 aliphatic carbocycles. The molecule has 0 fully saturated rings. The third-order valence-corrected chi connectivity index (χ3v) is 3.36. The molecule has 2 N–H and O–H groups in total. The van der Waals surface area contributed by atoms with Gasteiger partial charge in [-0.15, -0.1) is 0 Å². The van der Waals surface area contributed by atoms with Crippen LogP contribution in [-0.4, -0.2) is 16.0 Å². The lowest BCUT2D eigenvalue weighted by atomic mass is 10.1. The first-order valence-electron chi connectivity index (χ1n) is 7.43. The average molecular weight is 296 g/mol. The molecule has 0 atom stereocenters. The van der Waals surface area contributed by atoms with E-state index in [4.69, 9.17) is 4.42 Å². The van der Waals surface area contributed by atoms with E-state index in [2.05, 4.69) is 47.4 Å². The molecule has 5 nitrogen and oxygen atoms in total. The Balaban J connectivity index is 1.99. The Kier molecular flexibility index (Phi) is 3.96. The molecule has 3 rings (SSSR count). The highest BCUT2D eigenvalue weighted by atomic mass is 16.3. The third-order valence-electron chi connectivity index (χ3n) is 3.36. The van der Waals surface area contributed by atoms with E-state index in [0.29, 0.717) is 12.5 Å². The SMILES string of the molecule is Cc1cccc2c(NCc3ccco3)nc(NC(C)C)nc12. The second-order valence-electron chi connectivity index (χ2n) is 5.60. The summed E-state index contributed by atoms with van der Waals surface area (Å²) in [6.07, 6.45) is 1.67. The van der Waals surface area contributed by atoms with Gasteiger partial charge in [0.25, 0.3) is 0 Å². The van der Waals surface area contributed by atoms with Crippen LogP contribution in [0, 0.1) is 6.92 Å². The molecule has 22 heavy (non-hydrogen) atoms. The molecule has 2 aromatic heterocycles.